The van der Waals surface area contributed by atoms with Crippen molar-refractivity contribution in [2.24, 2.45) is 0 Å². The van der Waals surface area contributed by atoms with Gasteiger partial charge in [0, 0.05) is 18.8 Å². The van der Waals surface area contributed by atoms with Crippen molar-refractivity contribution < 1.29 is 12.8 Å². The van der Waals surface area contributed by atoms with E-state index in [0.29, 0.717) is 6.54 Å². The summed E-state index contributed by atoms with van der Waals surface area (Å²) in [5, 5.41) is 3.21. The number of nitrogens with one attached hydrogen (secondary N) is 1. The average molecular weight is 314 g/mol. The maximum absolute atomic E-state index is 11.9. The second-order valence-corrected chi connectivity index (χ2v) is 8.43. The zero-order valence-electron chi connectivity index (χ0n) is 13.1. The molecule has 1 saturated carbocycles. The lowest BCUT2D eigenvalue weighted by Gasteiger charge is -2.33. The number of hydrogen-bond donors (Lipinski definition) is 1. The lowest BCUT2D eigenvalue weighted by atomic mass is 9.94. The highest BCUT2D eigenvalue weighted by Gasteiger charge is 2.33. The summed E-state index contributed by atoms with van der Waals surface area (Å²) >= 11 is 0. The summed E-state index contributed by atoms with van der Waals surface area (Å²) in [6.45, 7) is 0.692. The highest BCUT2D eigenvalue weighted by atomic mass is 32.2. The molecule has 2 rings (SSSR count). The van der Waals surface area contributed by atoms with E-state index < -0.39 is 9.84 Å². The second kappa shape index (κ2) is 6.94. The topological polar surface area (TPSA) is 62.6 Å². The second-order valence-electron chi connectivity index (χ2n) is 6.16. The SMILES string of the molecule is CN(C)C(CNC1CCCCC1S(C)(=O)=O)c1ccco1. The molecule has 1 aromatic rings. The normalized spacial score (nSPS) is 25.1. The van der Waals surface area contributed by atoms with E-state index in [0.717, 1.165) is 31.4 Å². The monoisotopic (exact) mass is 314 g/mol. The molecule has 6 heteroatoms. The van der Waals surface area contributed by atoms with E-state index in [9.17, 15) is 8.42 Å². The number of sulfone groups is 1. The third kappa shape index (κ3) is 4.31. The van der Waals surface area contributed by atoms with Crippen LogP contribution in [0.2, 0.25) is 0 Å². The van der Waals surface area contributed by atoms with Crippen LogP contribution in [0.1, 0.15) is 37.5 Å². The zero-order valence-corrected chi connectivity index (χ0v) is 13.9. The maximum atomic E-state index is 11.9. The summed E-state index contributed by atoms with van der Waals surface area (Å²) in [7, 11) is 1.01. The third-order valence-electron chi connectivity index (χ3n) is 4.32. The minimum Gasteiger partial charge on any atom is -0.468 e. The van der Waals surface area contributed by atoms with E-state index in [4.69, 9.17) is 4.42 Å². The Balaban J connectivity index is 2.02. The number of furan rings is 1. The first-order valence-electron chi connectivity index (χ1n) is 7.51. The van der Waals surface area contributed by atoms with E-state index in [1.165, 1.54) is 6.26 Å². The summed E-state index contributed by atoms with van der Waals surface area (Å²) < 4.78 is 29.4. The molecule has 0 saturated heterocycles. The van der Waals surface area contributed by atoms with Crippen molar-refractivity contribution in [2.75, 3.05) is 26.9 Å². The van der Waals surface area contributed by atoms with Crippen LogP contribution >= 0.6 is 0 Å². The van der Waals surface area contributed by atoms with Crippen molar-refractivity contribution >= 4 is 9.84 Å². The van der Waals surface area contributed by atoms with Gasteiger partial charge >= 0.3 is 0 Å². The summed E-state index contributed by atoms with van der Waals surface area (Å²) in [4.78, 5) is 2.09. The van der Waals surface area contributed by atoms with E-state index in [1.807, 2.05) is 26.2 Å². The first-order valence-corrected chi connectivity index (χ1v) is 9.47. The Hall–Kier alpha value is -0.850. The Morgan fingerprint density at radius 2 is 2.10 bits per heavy atom. The van der Waals surface area contributed by atoms with Gasteiger partial charge in [-0.1, -0.05) is 12.8 Å². The molecular weight excluding hydrogens is 288 g/mol. The van der Waals surface area contributed by atoms with Crippen LogP contribution in [0.15, 0.2) is 22.8 Å². The summed E-state index contributed by atoms with van der Waals surface area (Å²) in [5.74, 6) is 0.902. The fourth-order valence-corrected chi connectivity index (χ4v) is 4.55. The molecule has 0 radical (unpaired) electrons. The van der Waals surface area contributed by atoms with Gasteiger partial charge in [0.15, 0.2) is 9.84 Å². The van der Waals surface area contributed by atoms with Crippen LogP contribution < -0.4 is 5.32 Å². The first kappa shape index (κ1) is 16.5. The van der Waals surface area contributed by atoms with Crippen molar-refractivity contribution in [3.8, 4) is 0 Å². The van der Waals surface area contributed by atoms with Crippen molar-refractivity contribution in [2.45, 2.75) is 43.0 Å². The van der Waals surface area contributed by atoms with Gasteiger partial charge in [0.25, 0.3) is 0 Å². The Bertz CT molecular complexity index is 525. The van der Waals surface area contributed by atoms with Crippen LogP contribution in [-0.2, 0) is 9.84 Å². The quantitative estimate of drug-likeness (QED) is 0.868. The van der Waals surface area contributed by atoms with Crippen LogP contribution in [0.25, 0.3) is 0 Å². The van der Waals surface area contributed by atoms with Gasteiger partial charge < -0.3 is 9.73 Å². The third-order valence-corrected chi connectivity index (χ3v) is 5.98. The molecule has 1 heterocycles. The molecule has 1 aliphatic carbocycles. The maximum Gasteiger partial charge on any atom is 0.151 e. The molecule has 0 aliphatic heterocycles. The van der Waals surface area contributed by atoms with E-state index in [2.05, 4.69) is 10.2 Å². The molecule has 21 heavy (non-hydrogen) atoms. The van der Waals surface area contributed by atoms with Gasteiger partial charge in [-0.15, -0.1) is 0 Å². The van der Waals surface area contributed by atoms with E-state index >= 15 is 0 Å². The highest BCUT2D eigenvalue weighted by molar-refractivity contribution is 7.91. The van der Waals surface area contributed by atoms with Gasteiger partial charge in [-0.2, -0.15) is 0 Å². The van der Waals surface area contributed by atoms with Gasteiger partial charge in [-0.25, -0.2) is 8.42 Å². The molecule has 1 N–H and O–H groups in total. The number of likely N-dealkylation sites (N-methyl/N-ethyl adjacent to an activating group) is 1. The Morgan fingerprint density at radius 3 is 2.67 bits per heavy atom. The average Bonchev–Trinajstić information content (AvgIpc) is 2.92. The Kier molecular flexibility index (Phi) is 5.46. The number of nitrogens with zero attached hydrogens (tertiary/aromatic N) is 1. The molecule has 5 nitrogen and oxygen atoms in total. The number of rotatable bonds is 6. The predicted octanol–water partition coefficient (Wildman–Crippen LogP) is 1.83. The summed E-state index contributed by atoms with van der Waals surface area (Å²) in [6.07, 6.45) is 6.82. The fourth-order valence-electron chi connectivity index (χ4n) is 3.12. The van der Waals surface area contributed by atoms with Crippen molar-refractivity contribution in [3.63, 3.8) is 0 Å². The zero-order chi connectivity index (χ0) is 15.5. The van der Waals surface area contributed by atoms with Gasteiger partial charge in [0.1, 0.15) is 5.76 Å². The fraction of sp³-hybridized carbons (Fsp3) is 0.733. The summed E-state index contributed by atoms with van der Waals surface area (Å²) in [5.41, 5.74) is 0. The van der Waals surface area contributed by atoms with Gasteiger partial charge in [-0.3, -0.25) is 4.90 Å². The number of hydrogen-bond acceptors (Lipinski definition) is 5. The van der Waals surface area contributed by atoms with Gasteiger partial charge in [0.05, 0.1) is 17.6 Å². The minimum atomic E-state index is -3.00. The van der Waals surface area contributed by atoms with Crippen LogP contribution in [0.5, 0.6) is 0 Å². The predicted molar refractivity (Wildman–Crippen MR) is 84.0 cm³/mol. The lowest BCUT2D eigenvalue weighted by molar-refractivity contribution is 0.235. The van der Waals surface area contributed by atoms with E-state index in [-0.39, 0.29) is 17.3 Å². The molecule has 120 valence electrons. The Morgan fingerprint density at radius 1 is 1.38 bits per heavy atom. The molecule has 0 aromatic carbocycles. The van der Waals surface area contributed by atoms with Crippen molar-refractivity contribution in [1.82, 2.24) is 10.2 Å². The smallest absolute Gasteiger partial charge is 0.151 e. The molecule has 1 fully saturated rings. The van der Waals surface area contributed by atoms with Gasteiger partial charge in [-0.05, 0) is 39.1 Å². The van der Waals surface area contributed by atoms with E-state index in [1.54, 1.807) is 6.26 Å². The molecule has 1 aromatic heterocycles. The first-order chi connectivity index (χ1) is 9.89. The van der Waals surface area contributed by atoms with Crippen LogP contribution in [-0.4, -0.2) is 51.5 Å². The van der Waals surface area contributed by atoms with Crippen LogP contribution in [0.3, 0.4) is 0 Å². The molecule has 1 aliphatic rings. The molecule has 0 bridgehead atoms. The molecule has 0 amide bonds. The largest absolute Gasteiger partial charge is 0.468 e. The minimum absolute atomic E-state index is 0.0474. The molecule has 3 unspecified atom stereocenters. The lowest BCUT2D eigenvalue weighted by Crippen LogP contribution is -2.48. The van der Waals surface area contributed by atoms with Crippen molar-refractivity contribution in [1.29, 1.82) is 0 Å². The molecule has 0 spiro atoms. The molecule has 3 atom stereocenters. The van der Waals surface area contributed by atoms with Crippen LogP contribution in [0.4, 0.5) is 0 Å². The summed E-state index contributed by atoms with van der Waals surface area (Å²) in [6, 6.07) is 4.00. The highest BCUT2D eigenvalue weighted by Crippen LogP contribution is 2.25. The van der Waals surface area contributed by atoms with Gasteiger partial charge in [0.2, 0.25) is 0 Å². The molecular formula is C15H26N2O3S. The standard InChI is InChI=1S/C15H26N2O3S/c1-17(2)13(14-8-6-10-20-14)11-16-12-7-4-5-9-15(12)21(3,18)19/h6,8,10,12-13,15-16H,4-5,7,9,11H2,1-3H3. The van der Waals surface area contributed by atoms with Crippen LogP contribution in [0, 0.1) is 0 Å². The Labute approximate surface area is 127 Å². The van der Waals surface area contributed by atoms with Crippen molar-refractivity contribution in [3.05, 3.63) is 24.2 Å².